The zero-order chi connectivity index (χ0) is 25.6. The highest BCUT2D eigenvalue weighted by Gasteiger charge is 2.38. The van der Waals surface area contributed by atoms with Crippen molar-refractivity contribution in [3.63, 3.8) is 0 Å². The molecule has 0 amide bonds. The zero-order valence-electron chi connectivity index (χ0n) is 19.0. The van der Waals surface area contributed by atoms with Gasteiger partial charge >= 0.3 is 12.4 Å². The molecule has 0 spiro atoms. The topological polar surface area (TPSA) is 54.6 Å². The number of para-hydroxylation sites is 1. The molecule has 0 bridgehead atoms. The van der Waals surface area contributed by atoms with E-state index in [9.17, 15) is 26.3 Å². The molecule has 1 aliphatic heterocycles. The zero-order valence-corrected chi connectivity index (χ0v) is 19.0. The van der Waals surface area contributed by atoms with Crippen LogP contribution in [0.3, 0.4) is 0 Å². The summed E-state index contributed by atoms with van der Waals surface area (Å²) in [5.74, 6) is -1.35. The molecule has 1 aliphatic rings. The SMILES string of the molecule is CN1CN(Cc2nc(-c3ccc(Oc4ccccc4C(F)(F)F)c(C(F)(F)F)c3)no2)CC1(C)C. The van der Waals surface area contributed by atoms with Gasteiger partial charge in [0.1, 0.15) is 11.5 Å². The third kappa shape index (κ3) is 5.43. The van der Waals surface area contributed by atoms with Crippen molar-refractivity contribution in [2.45, 2.75) is 38.3 Å². The lowest BCUT2D eigenvalue weighted by atomic mass is 10.1. The number of nitrogens with zero attached hydrogens (tertiary/aromatic N) is 4. The van der Waals surface area contributed by atoms with Crippen LogP contribution >= 0.6 is 0 Å². The molecule has 1 fully saturated rings. The van der Waals surface area contributed by atoms with Gasteiger partial charge in [-0.1, -0.05) is 17.3 Å². The van der Waals surface area contributed by atoms with E-state index in [1.165, 1.54) is 12.1 Å². The summed E-state index contributed by atoms with van der Waals surface area (Å²) in [6.07, 6.45) is -9.70. The summed E-state index contributed by atoms with van der Waals surface area (Å²) >= 11 is 0. The lowest BCUT2D eigenvalue weighted by Gasteiger charge is -2.25. The van der Waals surface area contributed by atoms with Crippen LogP contribution in [0.2, 0.25) is 0 Å². The minimum atomic E-state index is -4.91. The molecule has 1 saturated heterocycles. The largest absolute Gasteiger partial charge is 0.456 e. The van der Waals surface area contributed by atoms with Crippen LogP contribution in [-0.4, -0.2) is 45.7 Å². The first-order chi connectivity index (χ1) is 16.2. The first-order valence-corrected chi connectivity index (χ1v) is 10.6. The smallest absolute Gasteiger partial charge is 0.420 e. The van der Waals surface area contributed by atoms with Crippen LogP contribution < -0.4 is 4.74 Å². The van der Waals surface area contributed by atoms with Gasteiger partial charge in [0.25, 0.3) is 0 Å². The van der Waals surface area contributed by atoms with Crippen LogP contribution in [0.15, 0.2) is 47.0 Å². The standard InChI is InChI=1S/C23H22F6N4O2/c1-21(2)12-33(13-32(21)3)11-19-30-20(31-35-19)14-8-9-18(16(10-14)23(27,28)29)34-17-7-5-4-6-15(17)22(24,25)26/h4-10H,11-13H2,1-3H3. The highest BCUT2D eigenvalue weighted by atomic mass is 19.4. The average molecular weight is 500 g/mol. The van der Waals surface area contributed by atoms with Gasteiger partial charge in [-0.05, 0) is 51.2 Å². The van der Waals surface area contributed by atoms with Crippen molar-refractivity contribution >= 4 is 0 Å². The van der Waals surface area contributed by atoms with Crippen LogP contribution in [0.1, 0.15) is 30.9 Å². The molecule has 0 atom stereocenters. The molecule has 6 nitrogen and oxygen atoms in total. The van der Waals surface area contributed by atoms with Crippen LogP contribution in [0.4, 0.5) is 26.3 Å². The quantitative estimate of drug-likeness (QED) is 0.398. The fraction of sp³-hybridized carbons (Fsp3) is 0.391. The fourth-order valence-electron chi connectivity index (χ4n) is 3.83. The minimum absolute atomic E-state index is 0.0114. The predicted molar refractivity (Wildman–Crippen MR) is 113 cm³/mol. The number of alkyl halides is 6. The summed E-state index contributed by atoms with van der Waals surface area (Å²) in [5, 5.41) is 3.78. The van der Waals surface area contributed by atoms with Crippen LogP contribution in [0.5, 0.6) is 11.5 Å². The van der Waals surface area contributed by atoms with Gasteiger partial charge in [-0.25, -0.2) is 0 Å². The molecule has 12 heteroatoms. The Labute approximate surface area is 197 Å². The van der Waals surface area contributed by atoms with Crippen LogP contribution in [0, 0.1) is 0 Å². The van der Waals surface area contributed by atoms with E-state index in [0.717, 1.165) is 36.9 Å². The van der Waals surface area contributed by atoms with Gasteiger partial charge in [0.15, 0.2) is 0 Å². The molecule has 188 valence electrons. The Morgan fingerprint density at radius 1 is 0.971 bits per heavy atom. The first kappa shape index (κ1) is 25.0. The molecule has 0 aliphatic carbocycles. The van der Waals surface area contributed by atoms with Gasteiger partial charge in [0, 0.05) is 17.6 Å². The van der Waals surface area contributed by atoms with Crippen molar-refractivity contribution in [2.24, 2.45) is 0 Å². The van der Waals surface area contributed by atoms with Gasteiger partial charge in [0.2, 0.25) is 11.7 Å². The predicted octanol–water partition coefficient (Wildman–Crippen LogP) is 6.05. The van der Waals surface area contributed by atoms with Crippen molar-refractivity contribution in [1.29, 1.82) is 0 Å². The van der Waals surface area contributed by atoms with Gasteiger partial charge in [-0.3, -0.25) is 9.80 Å². The van der Waals surface area contributed by atoms with E-state index < -0.39 is 35.0 Å². The third-order valence-corrected chi connectivity index (χ3v) is 5.84. The lowest BCUT2D eigenvalue weighted by Crippen LogP contribution is -2.36. The summed E-state index contributed by atoms with van der Waals surface area (Å²) in [6, 6.07) is 6.97. The van der Waals surface area contributed by atoms with E-state index in [2.05, 4.69) is 33.8 Å². The molecule has 35 heavy (non-hydrogen) atoms. The molecule has 1 aromatic heterocycles. The van der Waals surface area contributed by atoms with Crippen molar-refractivity contribution in [1.82, 2.24) is 19.9 Å². The summed E-state index contributed by atoms with van der Waals surface area (Å²) in [7, 11) is 1.98. The summed E-state index contributed by atoms with van der Waals surface area (Å²) in [4.78, 5) is 8.42. The van der Waals surface area contributed by atoms with Gasteiger partial charge in [0.05, 0.1) is 24.3 Å². The third-order valence-electron chi connectivity index (χ3n) is 5.84. The Balaban J connectivity index is 1.60. The molecule has 0 radical (unpaired) electrons. The maximum Gasteiger partial charge on any atom is 0.420 e. The van der Waals surface area contributed by atoms with Gasteiger partial charge in [-0.15, -0.1) is 0 Å². The van der Waals surface area contributed by atoms with Crippen molar-refractivity contribution in [2.75, 3.05) is 20.3 Å². The van der Waals surface area contributed by atoms with E-state index >= 15 is 0 Å². The number of likely N-dealkylation sites (N-methyl/N-ethyl adjacent to an activating group) is 1. The van der Waals surface area contributed by atoms with Gasteiger partial charge in [-0.2, -0.15) is 31.3 Å². The maximum absolute atomic E-state index is 13.8. The normalized spacial score (nSPS) is 17.2. The Kier molecular flexibility index (Phi) is 6.30. The van der Waals surface area contributed by atoms with Crippen molar-refractivity contribution in [3.05, 3.63) is 59.5 Å². The Morgan fingerprint density at radius 3 is 2.26 bits per heavy atom. The Hall–Kier alpha value is -3.12. The van der Waals surface area contributed by atoms with Crippen molar-refractivity contribution in [3.8, 4) is 22.9 Å². The van der Waals surface area contributed by atoms with Crippen molar-refractivity contribution < 1.29 is 35.6 Å². The molecule has 2 aromatic carbocycles. The minimum Gasteiger partial charge on any atom is -0.456 e. The van der Waals surface area contributed by atoms with E-state index in [1.807, 2.05) is 7.05 Å². The van der Waals surface area contributed by atoms with Crippen LogP contribution in [-0.2, 0) is 18.9 Å². The Morgan fingerprint density at radius 2 is 1.63 bits per heavy atom. The average Bonchev–Trinajstić information content (AvgIpc) is 3.30. The van der Waals surface area contributed by atoms with E-state index in [0.29, 0.717) is 13.2 Å². The monoisotopic (exact) mass is 500 g/mol. The molecule has 0 unspecified atom stereocenters. The molecular formula is C23H22F6N4O2. The van der Waals surface area contributed by atoms with E-state index in [1.54, 1.807) is 0 Å². The first-order valence-electron chi connectivity index (χ1n) is 10.6. The number of rotatable bonds is 5. The van der Waals surface area contributed by atoms with Gasteiger partial charge < -0.3 is 9.26 Å². The fourth-order valence-corrected chi connectivity index (χ4v) is 3.83. The number of benzene rings is 2. The molecule has 4 rings (SSSR count). The van der Waals surface area contributed by atoms with E-state index in [4.69, 9.17) is 9.26 Å². The number of hydrogen-bond donors (Lipinski definition) is 0. The maximum atomic E-state index is 13.8. The second-order valence-corrected chi connectivity index (χ2v) is 8.96. The number of ether oxygens (including phenoxy) is 1. The highest BCUT2D eigenvalue weighted by Crippen LogP contribution is 2.43. The molecule has 2 heterocycles. The van der Waals surface area contributed by atoms with Crippen LogP contribution in [0.25, 0.3) is 11.4 Å². The lowest BCUT2D eigenvalue weighted by molar-refractivity contribution is -0.139. The summed E-state index contributed by atoms with van der Waals surface area (Å²) in [5.41, 5.74) is -2.51. The molecule has 3 aromatic rings. The number of halogens is 6. The molecule has 0 saturated carbocycles. The second kappa shape index (κ2) is 8.83. The molecular weight excluding hydrogens is 478 g/mol. The summed E-state index contributed by atoms with van der Waals surface area (Å²) in [6.45, 7) is 5.89. The summed E-state index contributed by atoms with van der Waals surface area (Å²) < 4.78 is 91.4. The number of hydrogen-bond acceptors (Lipinski definition) is 6. The van der Waals surface area contributed by atoms with E-state index in [-0.39, 0.29) is 22.8 Å². The Bertz CT molecular complexity index is 1210. The second-order valence-electron chi connectivity index (χ2n) is 8.96. The molecule has 0 N–H and O–H groups in total. The number of aromatic nitrogens is 2. The highest BCUT2D eigenvalue weighted by molar-refractivity contribution is 5.59.